The van der Waals surface area contributed by atoms with E-state index in [1.807, 2.05) is 47.6 Å². The molecule has 1 aromatic rings. The lowest BCUT2D eigenvalue weighted by molar-refractivity contribution is -0.154. The number of hydrogen-bond acceptors (Lipinski definition) is 5. The molecular formula is C14H22N2O2S2. The second-order valence-corrected chi connectivity index (χ2v) is 7.49. The molecule has 1 heterocycles. The van der Waals surface area contributed by atoms with Gasteiger partial charge in [0.15, 0.2) is 4.32 Å². The molecule has 0 aromatic carbocycles. The molecule has 1 unspecified atom stereocenters. The minimum absolute atomic E-state index is 0.228. The smallest absolute Gasteiger partial charge is 0.320 e. The van der Waals surface area contributed by atoms with Crippen molar-refractivity contribution in [1.82, 2.24) is 9.78 Å². The fraction of sp³-hybridized carbons (Fsp3) is 0.643. The first-order valence-corrected chi connectivity index (χ1v) is 7.90. The molecule has 112 valence electrons. The van der Waals surface area contributed by atoms with E-state index in [-0.39, 0.29) is 11.2 Å². The van der Waals surface area contributed by atoms with Crippen molar-refractivity contribution in [2.75, 3.05) is 0 Å². The Kier molecular flexibility index (Phi) is 5.77. The lowest BCUT2D eigenvalue weighted by Crippen LogP contribution is -2.31. The summed E-state index contributed by atoms with van der Waals surface area (Å²) in [6, 6.07) is 1.96. The van der Waals surface area contributed by atoms with Crippen LogP contribution in [0.5, 0.6) is 0 Å². The van der Waals surface area contributed by atoms with Crippen LogP contribution in [-0.2, 0) is 9.53 Å². The number of carbonyl (C=O) groups excluding carboxylic acids is 1. The maximum absolute atomic E-state index is 12.1. The number of ether oxygens (including phenoxy) is 1. The first-order valence-electron chi connectivity index (χ1n) is 6.61. The highest BCUT2D eigenvalue weighted by Gasteiger charge is 2.26. The SMILES string of the molecule is CCC(SC(=S)n1nc(C)cc1C)C(=O)OC(C)(C)C. The van der Waals surface area contributed by atoms with E-state index in [9.17, 15) is 4.79 Å². The number of aromatic nitrogens is 2. The number of thioether (sulfide) groups is 1. The van der Waals surface area contributed by atoms with Gasteiger partial charge in [-0.3, -0.25) is 4.79 Å². The Hall–Kier alpha value is -0.880. The van der Waals surface area contributed by atoms with E-state index in [2.05, 4.69) is 5.10 Å². The number of nitrogens with zero attached hydrogens (tertiary/aromatic N) is 2. The van der Waals surface area contributed by atoms with Gasteiger partial charge in [0.2, 0.25) is 0 Å². The zero-order valence-electron chi connectivity index (χ0n) is 12.9. The maximum atomic E-state index is 12.1. The first-order chi connectivity index (χ1) is 9.14. The van der Waals surface area contributed by atoms with Crippen molar-refractivity contribution in [3.8, 4) is 0 Å². The Labute approximate surface area is 130 Å². The van der Waals surface area contributed by atoms with Gasteiger partial charge in [-0.15, -0.1) is 0 Å². The number of carbonyl (C=O) groups is 1. The van der Waals surface area contributed by atoms with E-state index in [1.54, 1.807) is 4.68 Å². The van der Waals surface area contributed by atoms with Gasteiger partial charge < -0.3 is 4.74 Å². The summed E-state index contributed by atoms with van der Waals surface area (Å²) in [5, 5.41) is 4.03. The summed E-state index contributed by atoms with van der Waals surface area (Å²) in [5.74, 6) is -0.228. The van der Waals surface area contributed by atoms with Crippen molar-refractivity contribution in [3.05, 3.63) is 17.5 Å². The highest BCUT2D eigenvalue weighted by atomic mass is 32.2. The van der Waals surface area contributed by atoms with Crippen molar-refractivity contribution in [2.45, 2.75) is 58.8 Å². The molecule has 6 heteroatoms. The van der Waals surface area contributed by atoms with Gasteiger partial charge in [0.1, 0.15) is 10.9 Å². The summed E-state index contributed by atoms with van der Waals surface area (Å²) in [5.41, 5.74) is 1.40. The predicted molar refractivity (Wildman–Crippen MR) is 87.2 cm³/mol. The molecular weight excluding hydrogens is 292 g/mol. The number of esters is 1. The van der Waals surface area contributed by atoms with Crippen LogP contribution in [0.25, 0.3) is 0 Å². The van der Waals surface area contributed by atoms with Crippen molar-refractivity contribution < 1.29 is 9.53 Å². The molecule has 0 N–H and O–H groups in total. The van der Waals surface area contributed by atoms with Crippen molar-refractivity contribution in [2.24, 2.45) is 0 Å². The topological polar surface area (TPSA) is 44.1 Å². The minimum Gasteiger partial charge on any atom is -0.459 e. The van der Waals surface area contributed by atoms with Gasteiger partial charge >= 0.3 is 5.97 Å². The summed E-state index contributed by atoms with van der Waals surface area (Å²) < 4.78 is 7.69. The van der Waals surface area contributed by atoms with E-state index in [0.29, 0.717) is 10.7 Å². The van der Waals surface area contributed by atoms with Crippen molar-refractivity contribution in [3.63, 3.8) is 0 Å². The van der Waals surface area contributed by atoms with Crippen LogP contribution in [0.15, 0.2) is 6.07 Å². The van der Waals surface area contributed by atoms with Crippen molar-refractivity contribution in [1.29, 1.82) is 0 Å². The molecule has 1 atom stereocenters. The molecule has 0 saturated carbocycles. The summed E-state index contributed by atoms with van der Waals surface area (Å²) in [4.78, 5) is 12.1. The zero-order valence-corrected chi connectivity index (χ0v) is 14.5. The Morgan fingerprint density at radius 1 is 1.50 bits per heavy atom. The molecule has 1 rings (SSSR count). The number of hydrogen-bond donors (Lipinski definition) is 0. The number of aryl methyl sites for hydroxylation is 2. The molecule has 0 aliphatic carbocycles. The van der Waals surface area contributed by atoms with E-state index in [0.717, 1.165) is 11.4 Å². The number of rotatable bonds is 3. The van der Waals surface area contributed by atoms with E-state index in [1.165, 1.54) is 11.8 Å². The molecule has 0 fully saturated rings. The van der Waals surface area contributed by atoms with Crippen LogP contribution < -0.4 is 0 Å². The molecule has 20 heavy (non-hydrogen) atoms. The Bertz CT molecular complexity index is 504. The molecule has 0 aliphatic rings. The Morgan fingerprint density at radius 3 is 2.50 bits per heavy atom. The Morgan fingerprint density at radius 2 is 2.10 bits per heavy atom. The van der Waals surface area contributed by atoms with Gasteiger partial charge in [-0.25, -0.2) is 4.68 Å². The third kappa shape index (κ3) is 4.90. The summed E-state index contributed by atoms with van der Waals surface area (Å²) >= 11 is 6.71. The highest BCUT2D eigenvalue weighted by molar-refractivity contribution is 8.23. The molecule has 0 aliphatic heterocycles. The second kappa shape index (κ2) is 6.72. The molecule has 4 nitrogen and oxygen atoms in total. The number of thiocarbonyl (C=S) groups is 1. The fourth-order valence-electron chi connectivity index (χ4n) is 1.65. The zero-order chi connectivity index (χ0) is 15.5. The molecule has 0 saturated heterocycles. The average Bonchev–Trinajstić information content (AvgIpc) is 2.62. The summed E-state index contributed by atoms with van der Waals surface area (Å²) in [6.45, 7) is 11.4. The van der Waals surface area contributed by atoms with Gasteiger partial charge in [-0.2, -0.15) is 5.10 Å². The third-order valence-electron chi connectivity index (χ3n) is 2.47. The van der Waals surface area contributed by atoms with E-state index < -0.39 is 5.60 Å². The van der Waals surface area contributed by atoms with Crippen LogP contribution in [0.4, 0.5) is 0 Å². The fourth-order valence-corrected chi connectivity index (χ4v) is 3.02. The first kappa shape index (κ1) is 17.2. The van der Waals surface area contributed by atoms with Crippen LogP contribution >= 0.6 is 24.0 Å². The van der Waals surface area contributed by atoms with Crippen LogP contribution in [0, 0.1) is 13.8 Å². The molecule has 0 spiro atoms. The largest absolute Gasteiger partial charge is 0.459 e. The third-order valence-corrected chi connectivity index (χ3v) is 4.11. The van der Waals surface area contributed by atoms with Gasteiger partial charge in [-0.1, -0.05) is 30.9 Å². The van der Waals surface area contributed by atoms with Crippen molar-refractivity contribution >= 4 is 34.3 Å². The van der Waals surface area contributed by atoms with Gasteiger partial charge in [0, 0.05) is 5.69 Å². The summed E-state index contributed by atoms with van der Waals surface area (Å²) in [7, 11) is 0. The van der Waals surface area contributed by atoms with Crippen LogP contribution in [0.2, 0.25) is 0 Å². The lowest BCUT2D eigenvalue weighted by Gasteiger charge is -2.23. The predicted octanol–water partition coefficient (Wildman–Crippen LogP) is 3.49. The normalized spacial score (nSPS) is 13.1. The standard InChI is InChI=1S/C14H22N2O2S2/c1-7-11(12(17)18-14(4,5)6)20-13(19)16-10(3)8-9(2)15-16/h8,11H,7H2,1-6H3. The molecule has 0 bridgehead atoms. The molecule has 0 radical (unpaired) electrons. The van der Waals surface area contributed by atoms with E-state index >= 15 is 0 Å². The monoisotopic (exact) mass is 314 g/mol. The Balaban J connectivity index is 2.76. The van der Waals surface area contributed by atoms with Crippen LogP contribution in [0.1, 0.15) is 45.5 Å². The van der Waals surface area contributed by atoms with E-state index in [4.69, 9.17) is 17.0 Å². The van der Waals surface area contributed by atoms with Gasteiger partial charge in [-0.05, 0) is 47.1 Å². The molecule has 0 amide bonds. The maximum Gasteiger partial charge on any atom is 0.320 e. The minimum atomic E-state index is -0.481. The highest BCUT2D eigenvalue weighted by Crippen LogP contribution is 2.22. The summed E-state index contributed by atoms with van der Waals surface area (Å²) in [6.07, 6.45) is 0.666. The molecule has 1 aromatic heterocycles. The lowest BCUT2D eigenvalue weighted by atomic mass is 10.2. The quantitative estimate of drug-likeness (QED) is 0.631. The van der Waals surface area contributed by atoms with Gasteiger partial charge in [0.05, 0.1) is 5.69 Å². The second-order valence-electron chi connectivity index (χ2n) is 5.65. The van der Waals surface area contributed by atoms with Crippen LogP contribution in [-0.4, -0.2) is 30.9 Å². The van der Waals surface area contributed by atoms with Gasteiger partial charge in [0.25, 0.3) is 0 Å². The van der Waals surface area contributed by atoms with Crippen LogP contribution in [0.3, 0.4) is 0 Å². The average molecular weight is 314 g/mol.